The van der Waals surface area contributed by atoms with E-state index in [4.69, 9.17) is 19.9 Å². The third-order valence-electron chi connectivity index (χ3n) is 2.90. The van der Waals surface area contributed by atoms with Gasteiger partial charge in [0.1, 0.15) is 11.9 Å². The number of nitrogens with two attached hydrogens (primary N) is 1. The van der Waals surface area contributed by atoms with Crippen LogP contribution in [0.1, 0.15) is 19.3 Å². The minimum Gasteiger partial charge on any atom is -0.493 e. The summed E-state index contributed by atoms with van der Waals surface area (Å²) in [6.07, 6.45) is 1.80. The van der Waals surface area contributed by atoms with Crippen molar-refractivity contribution in [3.63, 3.8) is 0 Å². The van der Waals surface area contributed by atoms with Crippen LogP contribution in [0.25, 0.3) is 0 Å². The van der Waals surface area contributed by atoms with Gasteiger partial charge in [-0.2, -0.15) is 0 Å². The molecule has 1 aliphatic heterocycles. The maximum atomic E-state index is 11.6. The fourth-order valence-corrected chi connectivity index (χ4v) is 1.90. The lowest BCUT2D eigenvalue weighted by atomic mass is 10.1. The highest BCUT2D eigenvalue weighted by Crippen LogP contribution is 2.15. The zero-order valence-electron chi connectivity index (χ0n) is 10.8. The lowest BCUT2D eigenvalue weighted by Crippen LogP contribution is -2.26. The molecular formula is C14H19NO4. The van der Waals surface area contributed by atoms with E-state index in [0.29, 0.717) is 31.3 Å². The van der Waals surface area contributed by atoms with E-state index in [-0.39, 0.29) is 18.5 Å². The van der Waals surface area contributed by atoms with E-state index < -0.39 is 0 Å². The number of ether oxygens (including phenoxy) is 3. The summed E-state index contributed by atoms with van der Waals surface area (Å²) in [5, 5.41) is 0. The molecule has 2 rings (SSSR count). The SMILES string of the molecule is Nc1cccc(OCCC(=O)OC2CCOCC2)c1. The maximum absolute atomic E-state index is 11.6. The topological polar surface area (TPSA) is 70.8 Å². The molecule has 1 aliphatic rings. The van der Waals surface area contributed by atoms with Crippen LogP contribution in [0, 0.1) is 0 Å². The second-order valence-electron chi connectivity index (χ2n) is 4.47. The highest BCUT2D eigenvalue weighted by Gasteiger charge is 2.17. The lowest BCUT2D eigenvalue weighted by molar-refractivity contribution is -0.153. The summed E-state index contributed by atoms with van der Waals surface area (Å²) in [7, 11) is 0. The zero-order chi connectivity index (χ0) is 13.5. The van der Waals surface area contributed by atoms with E-state index in [0.717, 1.165) is 12.8 Å². The lowest BCUT2D eigenvalue weighted by Gasteiger charge is -2.22. The zero-order valence-corrected chi connectivity index (χ0v) is 10.8. The van der Waals surface area contributed by atoms with Gasteiger partial charge in [0.15, 0.2) is 0 Å². The van der Waals surface area contributed by atoms with Crippen molar-refractivity contribution in [2.45, 2.75) is 25.4 Å². The number of carbonyl (C=O) groups is 1. The van der Waals surface area contributed by atoms with Crippen LogP contribution in [0.5, 0.6) is 5.75 Å². The molecule has 5 nitrogen and oxygen atoms in total. The smallest absolute Gasteiger partial charge is 0.309 e. The molecule has 0 atom stereocenters. The van der Waals surface area contributed by atoms with Gasteiger partial charge < -0.3 is 19.9 Å². The molecule has 104 valence electrons. The third kappa shape index (κ3) is 4.79. The molecule has 1 aromatic rings. The summed E-state index contributed by atoms with van der Waals surface area (Å²) in [6.45, 7) is 1.63. The Bertz CT molecular complexity index is 416. The molecule has 0 spiro atoms. The van der Waals surface area contributed by atoms with Crippen LogP contribution in [-0.4, -0.2) is 31.9 Å². The largest absolute Gasteiger partial charge is 0.493 e. The summed E-state index contributed by atoms with van der Waals surface area (Å²) in [5.41, 5.74) is 6.27. The van der Waals surface area contributed by atoms with Crippen molar-refractivity contribution in [3.05, 3.63) is 24.3 Å². The van der Waals surface area contributed by atoms with Crippen LogP contribution < -0.4 is 10.5 Å². The van der Waals surface area contributed by atoms with E-state index in [1.165, 1.54) is 0 Å². The van der Waals surface area contributed by atoms with E-state index >= 15 is 0 Å². The Hall–Kier alpha value is -1.75. The van der Waals surface area contributed by atoms with Crippen LogP contribution in [-0.2, 0) is 14.3 Å². The first kappa shape index (κ1) is 13.7. The van der Waals surface area contributed by atoms with Gasteiger partial charge in [0, 0.05) is 24.6 Å². The molecular weight excluding hydrogens is 246 g/mol. The van der Waals surface area contributed by atoms with Gasteiger partial charge in [0.2, 0.25) is 0 Å². The highest BCUT2D eigenvalue weighted by atomic mass is 16.6. The number of carbonyl (C=O) groups excluding carboxylic acids is 1. The first-order valence-electron chi connectivity index (χ1n) is 6.49. The molecule has 0 aliphatic carbocycles. The van der Waals surface area contributed by atoms with Crippen molar-refractivity contribution in [1.29, 1.82) is 0 Å². The predicted molar refractivity (Wildman–Crippen MR) is 70.9 cm³/mol. The summed E-state index contributed by atoms with van der Waals surface area (Å²) in [6, 6.07) is 7.13. The number of hydrogen-bond acceptors (Lipinski definition) is 5. The fourth-order valence-electron chi connectivity index (χ4n) is 1.90. The number of esters is 1. The summed E-state index contributed by atoms with van der Waals surface area (Å²) < 4.78 is 16.0. The average Bonchev–Trinajstić information content (AvgIpc) is 2.40. The van der Waals surface area contributed by atoms with Gasteiger partial charge in [-0.15, -0.1) is 0 Å². The quantitative estimate of drug-likeness (QED) is 0.649. The maximum Gasteiger partial charge on any atom is 0.309 e. The molecule has 0 unspecified atom stereocenters. The van der Waals surface area contributed by atoms with Crippen molar-refractivity contribution in [2.24, 2.45) is 0 Å². The molecule has 5 heteroatoms. The first-order chi connectivity index (χ1) is 9.24. The minimum absolute atomic E-state index is 0.00591. The molecule has 2 N–H and O–H groups in total. The molecule has 0 amide bonds. The monoisotopic (exact) mass is 265 g/mol. The van der Waals surface area contributed by atoms with Gasteiger partial charge in [-0.05, 0) is 12.1 Å². The number of anilines is 1. The second-order valence-corrected chi connectivity index (χ2v) is 4.47. The van der Waals surface area contributed by atoms with Gasteiger partial charge in [-0.25, -0.2) is 0 Å². The standard InChI is InChI=1S/C14H19NO4/c15-11-2-1-3-13(10-11)18-9-6-14(16)19-12-4-7-17-8-5-12/h1-3,10,12H,4-9,15H2. The van der Waals surface area contributed by atoms with Gasteiger partial charge in [0.05, 0.1) is 26.2 Å². The van der Waals surface area contributed by atoms with Gasteiger partial charge in [0.25, 0.3) is 0 Å². The first-order valence-corrected chi connectivity index (χ1v) is 6.49. The Morgan fingerprint density at radius 1 is 1.37 bits per heavy atom. The molecule has 1 saturated heterocycles. The van der Waals surface area contributed by atoms with Gasteiger partial charge >= 0.3 is 5.97 Å². The Morgan fingerprint density at radius 3 is 2.89 bits per heavy atom. The third-order valence-corrected chi connectivity index (χ3v) is 2.90. The molecule has 1 aromatic carbocycles. The molecule has 0 saturated carbocycles. The molecule has 0 radical (unpaired) electrons. The van der Waals surface area contributed by atoms with Crippen molar-refractivity contribution in [2.75, 3.05) is 25.6 Å². The summed E-state index contributed by atoms with van der Waals surface area (Å²) >= 11 is 0. The predicted octanol–water partition coefficient (Wildman–Crippen LogP) is 1.76. The second kappa shape index (κ2) is 6.99. The number of benzene rings is 1. The minimum atomic E-state index is -0.226. The molecule has 19 heavy (non-hydrogen) atoms. The Kier molecular flexibility index (Phi) is 5.03. The van der Waals surface area contributed by atoms with E-state index in [2.05, 4.69) is 0 Å². The van der Waals surface area contributed by atoms with Crippen molar-refractivity contribution >= 4 is 11.7 Å². The van der Waals surface area contributed by atoms with E-state index in [1.807, 2.05) is 6.07 Å². The van der Waals surface area contributed by atoms with Crippen molar-refractivity contribution in [1.82, 2.24) is 0 Å². The van der Waals surface area contributed by atoms with Crippen molar-refractivity contribution < 1.29 is 19.0 Å². The van der Waals surface area contributed by atoms with Crippen molar-refractivity contribution in [3.8, 4) is 5.75 Å². The average molecular weight is 265 g/mol. The molecule has 0 aromatic heterocycles. The molecule has 1 fully saturated rings. The Balaban J connectivity index is 1.66. The van der Waals surface area contributed by atoms with Gasteiger partial charge in [-0.1, -0.05) is 6.07 Å². The van der Waals surface area contributed by atoms with Crippen LogP contribution in [0.15, 0.2) is 24.3 Å². The van der Waals surface area contributed by atoms with Crippen LogP contribution in [0.3, 0.4) is 0 Å². The van der Waals surface area contributed by atoms with Crippen LogP contribution >= 0.6 is 0 Å². The molecule has 1 heterocycles. The van der Waals surface area contributed by atoms with E-state index in [9.17, 15) is 4.79 Å². The number of nitrogen functional groups attached to an aromatic ring is 1. The van der Waals surface area contributed by atoms with Crippen LogP contribution in [0.4, 0.5) is 5.69 Å². The number of rotatable bonds is 5. The summed E-state index contributed by atoms with van der Waals surface area (Å²) in [4.78, 5) is 11.6. The molecule has 0 bridgehead atoms. The van der Waals surface area contributed by atoms with E-state index in [1.54, 1.807) is 18.2 Å². The number of hydrogen-bond donors (Lipinski definition) is 1. The Morgan fingerprint density at radius 2 is 2.16 bits per heavy atom. The van der Waals surface area contributed by atoms with Crippen LogP contribution in [0.2, 0.25) is 0 Å². The highest BCUT2D eigenvalue weighted by molar-refractivity contribution is 5.69. The summed E-state index contributed by atoms with van der Waals surface area (Å²) in [5.74, 6) is 0.440. The van der Waals surface area contributed by atoms with Gasteiger partial charge in [-0.3, -0.25) is 4.79 Å². The normalized spacial score (nSPS) is 16.0. The Labute approximate surface area is 112 Å². The fraction of sp³-hybridized carbons (Fsp3) is 0.500.